The fourth-order valence-corrected chi connectivity index (χ4v) is 1.82. The van der Waals surface area contributed by atoms with Crippen molar-refractivity contribution in [2.45, 2.75) is 0 Å². The lowest BCUT2D eigenvalue weighted by Gasteiger charge is -2.03. The molecule has 0 aliphatic heterocycles. The van der Waals surface area contributed by atoms with Crippen LogP contribution in [-0.4, -0.2) is 21.0 Å². The van der Waals surface area contributed by atoms with Crippen molar-refractivity contribution in [2.24, 2.45) is 0 Å². The van der Waals surface area contributed by atoms with Crippen molar-refractivity contribution < 1.29 is 9.90 Å². The monoisotopic (exact) mass is 294 g/mol. The van der Waals surface area contributed by atoms with Gasteiger partial charge in [-0.3, -0.25) is 4.79 Å². The zero-order valence-electron chi connectivity index (χ0n) is 8.48. The molecule has 0 amide bonds. The number of nitrogens with one attached hydrogen (secondary N) is 1. The molecule has 0 aliphatic rings. The predicted molar refractivity (Wildman–Crippen MR) is 65.0 cm³/mol. The summed E-state index contributed by atoms with van der Waals surface area (Å²) in [6.07, 6.45) is 0. The van der Waals surface area contributed by atoms with Crippen molar-refractivity contribution in [1.29, 1.82) is 0 Å². The Labute approximate surface area is 104 Å². The van der Waals surface area contributed by atoms with Crippen molar-refractivity contribution >= 4 is 21.9 Å². The second kappa shape index (κ2) is 4.50. The lowest BCUT2D eigenvalue weighted by Crippen LogP contribution is -2.13. The summed E-state index contributed by atoms with van der Waals surface area (Å²) in [5.74, 6) is -1.01. The third-order valence-electron chi connectivity index (χ3n) is 2.09. The number of aromatic nitrogens is 2. The van der Waals surface area contributed by atoms with Gasteiger partial charge in [-0.2, -0.15) is 0 Å². The van der Waals surface area contributed by atoms with E-state index in [9.17, 15) is 9.59 Å². The van der Waals surface area contributed by atoms with Gasteiger partial charge in [0.05, 0.1) is 0 Å². The quantitative estimate of drug-likeness (QED) is 0.886. The molecule has 0 unspecified atom stereocenters. The van der Waals surface area contributed by atoms with E-state index >= 15 is 0 Å². The highest BCUT2D eigenvalue weighted by atomic mass is 79.9. The van der Waals surface area contributed by atoms with Crippen molar-refractivity contribution in [3.8, 4) is 11.4 Å². The Balaban J connectivity index is 2.64. The molecule has 0 aliphatic carbocycles. The molecule has 0 bridgehead atoms. The minimum absolute atomic E-state index is 0.224. The van der Waals surface area contributed by atoms with Gasteiger partial charge in [-0.05, 0) is 6.07 Å². The summed E-state index contributed by atoms with van der Waals surface area (Å²) in [4.78, 5) is 28.5. The number of rotatable bonds is 2. The number of carboxylic acids is 1. The van der Waals surface area contributed by atoms with E-state index in [0.29, 0.717) is 5.56 Å². The molecular formula is C11H7BrN2O3. The molecule has 17 heavy (non-hydrogen) atoms. The van der Waals surface area contributed by atoms with Crippen LogP contribution in [0.2, 0.25) is 0 Å². The Kier molecular flexibility index (Phi) is 3.06. The lowest BCUT2D eigenvalue weighted by molar-refractivity contribution is 0.0690. The van der Waals surface area contributed by atoms with Crippen LogP contribution in [0.4, 0.5) is 0 Å². The van der Waals surface area contributed by atoms with Crippen LogP contribution in [0.1, 0.15) is 10.5 Å². The average Bonchev–Trinajstić information content (AvgIpc) is 2.28. The molecule has 5 nitrogen and oxygen atoms in total. The van der Waals surface area contributed by atoms with E-state index in [-0.39, 0.29) is 11.5 Å². The molecule has 0 spiro atoms. The summed E-state index contributed by atoms with van der Waals surface area (Å²) in [6.45, 7) is 0. The van der Waals surface area contributed by atoms with Crippen molar-refractivity contribution in [2.75, 3.05) is 0 Å². The van der Waals surface area contributed by atoms with E-state index in [4.69, 9.17) is 5.11 Å². The van der Waals surface area contributed by atoms with E-state index in [0.717, 1.165) is 10.5 Å². The van der Waals surface area contributed by atoms with Crippen LogP contribution in [0.5, 0.6) is 0 Å². The van der Waals surface area contributed by atoms with Crippen LogP contribution in [0.25, 0.3) is 11.4 Å². The normalized spacial score (nSPS) is 10.2. The molecule has 0 atom stereocenters. The Morgan fingerprint density at radius 3 is 2.71 bits per heavy atom. The number of nitrogens with zero attached hydrogens (tertiary/aromatic N) is 1. The van der Waals surface area contributed by atoms with E-state index in [2.05, 4.69) is 25.9 Å². The lowest BCUT2D eigenvalue weighted by atomic mass is 10.2. The van der Waals surface area contributed by atoms with Crippen LogP contribution >= 0.6 is 15.9 Å². The number of H-pyrrole nitrogens is 1. The number of carbonyl (C=O) groups is 1. The Bertz CT molecular complexity index is 637. The summed E-state index contributed by atoms with van der Waals surface area (Å²) >= 11 is 3.31. The second-order valence-corrected chi connectivity index (χ2v) is 4.12. The van der Waals surface area contributed by atoms with Crippen molar-refractivity contribution in [1.82, 2.24) is 9.97 Å². The molecule has 1 aromatic carbocycles. The van der Waals surface area contributed by atoms with Crippen molar-refractivity contribution in [3.63, 3.8) is 0 Å². The molecule has 0 radical (unpaired) electrons. The Hall–Kier alpha value is -1.95. The highest BCUT2D eigenvalue weighted by Gasteiger charge is 2.10. The van der Waals surface area contributed by atoms with Gasteiger partial charge in [0.15, 0.2) is 5.69 Å². The summed E-state index contributed by atoms with van der Waals surface area (Å²) in [7, 11) is 0. The molecular weight excluding hydrogens is 288 g/mol. The average molecular weight is 295 g/mol. The highest BCUT2D eigenvalue weighted by molar-refractivity contribution is 9.10. The summed E-state index contributed by atoms with van der Waals surface area (Å²) in [5, 5.41) is 8.82. The third-order valence-corrected chi connectivity index (χ3v) is 2.78. The summed E-state index contributed by atoms with van der Waals surface area (Å²) in [6, 6.07) is 8.04. The number of hydrogen-bond acceptors (Lipinski definition) is 3. The van der Waals surface area contributed by atoms with Crippen LogP contribution in [-0.2, 0) is 0 Å². The SMILES string of the molecule is O=C(O)c1cc(=O)[nH]c(-c2ccccc2Br)n1. The fraction of sp³-hybridized carbons (Fsp3) is 0. The number of halogens is 1. The molecule has 1 heterocycles. The van der Waals surface area contributed by atoms with Crippen molar-refractivity contribution in [3.05, 3.63) is 50.9 Å². The molecule has 1 aromatic heterocycles. The van der Waals surface area contributed by atoms with E-state index < -0.39 is 11.5 Å². The van der Waals surface area contributed by atoms with E-state index in [1.54, 1.807) is 18.2 Å². The van der Waals surface area contributed by atoms with Gasteiger partial charge in [0.1, 0.15) is 5.82 Å². The molecule has 0 saturated heterocycles. The summed E-state index contributed by atoms with van der Waals surface area (Å²) in [5.41, 5.74) is -0.143. The minimum Gasteiger partial charge on any atom is -0.477 e. The zero-order chi connectivity index (χ0) is 12.4. The number of aromatic amines is 1. The highest BCUT2D eigenvalue weighted by Crippen LogP contribution is 2.24. The molecule has 2 aromatic rings. The van der Waals surface area contributed by atoms with Gasteiger partial charge < -0.3 is 10.1 Å². The third kappa shape index (κ3) is 2.42. The molecule has 2 N–H and O–H groups in total. The van der Waals surface area contributed by atoms with Crippen LogP contribution in [0, 0.1) is 0 Å². The number of hydrogen-bond donors (Lipinski definition) is 2. The fourth-order valence-electron chi connectivity index (χ4n) is 1.35. The number of aromatic carboxylic acids is 1. The number of benzene rings is 1. The first kappa shape index (κ1) is 11.5. The van der Waals surface area contributed by atoms with Crippen LogP contribution < -0.4 is 5.56 Å². The molecule has 0 fully saturated rings. The van der Waals surface area contributed by atoms with E-state index in [1.807, 2.05) is 6.07 Å². The van der Waals surface area contributed by atoms with Gasteiger partial charge in [0.2, 0.25) is 0 Å². The zero-order valence-corrected chi connectivity index (χ0v) is 10.1. The second-order valence-electron chi connectivity index (χ2n) is 3.26. The maximum Gasteiger partial charge on any atom is 0.354 e. The standard InChI is InChI=1S/C11H7BrN2O3/c12-7-4-2-1-3-6(7)10-13-8(11(16)17)5-9(15)14-10/h1-5H,(H,16,17)(H,13,14,15). The van der Waals surface area contributed by atoms with Crippen LogP contribution in [0.3, 0.4) is 0 Å². The van der Waals surface area contributed by atoms with Gasteiger partial charge in [-0.25, -0.2) is 9.78 Å². The first-order chi connectivity index (χ1) is 8.08. The summed E-state index contributed by atoms with van der Waals surface area (Å²) < 4.78 is 0.727. The molecule has 86 valence electrons. The first-order valence-electron chi connectivity index (χ1n) is 4.67. The Morgan fingerprint density at radius 2 is 2.06 bits per heavy atom. The topological polar surface area (TPSA) is 83.0 Å². The maximum atomic E-state index is 11.3. The van der Waals surface area contributed by atoms with E-state index in [1.165, 1.54) is 0 Å². The Morgan fingerprint density at radius 1 is 1.35 bits per heavy atom. The molecule has 2 rings (SSSR count). The van der Waals surface area contributed by atoms with Gasteiger partial charge >= 0.3 is 5.97 Å². The van der Waals surface area contributed by atoms with Gasteiger partial charge in [0, 0.05) is 16.1 Å². The van der Waals surface area contributed by atoms with Gasteiger partial charge in [0.25, 0.3) is 5.56 Å². The van der Waals surface area contributed by atoms with Gasteiger partial charge in [-0.1, -0.05) is 34.1 Å². The number of carboxylic acid groups (broad SMARTS) is 1. The predicted octanol–water partition coefficient (Wildman–Crippen LogP) is 1.90. The minimum atomic E-state index is -1.23. The molecule has 6 heteroatoms. The molecule has 0 saturated carbocycles. The smallest absolute Gasteiger partial charge is 0.354 e. The largest absolute Gasteiger partial charge is 0.477 e. The first-order valence-corrected chi connectivity index (χ1v) is 5.47. The van der Waals surface area contributed by atoms with Gasteiger partial charge in [-0.15, -0.1) is 0 Å². The van der Waals surface area contributed by atoms with Crippen LogP contribution in [0.15, 0.2) is 39.6 Å². The maximum absolute atomic E-state index is 11.3.